The van der Waals surface area contributed by atoms with Gasteiger partial charge in [-0.1, -0.05) is 20.8 Å². The van der Waals surface area contributed by atoms with Gasteiger partial charge in [0.1, 0.15) is 5.82 Å². The number of aromatic nitrogens is 2. The van der Waals surface area contributed by atoms with Crippen molar-refractivity contribution < 1.29 is 0 Å². The molecule has 0 aromatic carbocycles. The Morgan fingerprint density at radius 3 is 2.50 bits per heavy atom. The van der Waals surface area contributed by atoms with Gasteiger partial charge in [-0.2, -0.15) is 5.10 Å². The van der Waals surface area contributed by atoms with Crippen molar-refractivity contribution in [1.29, 1.82) is 0 Å². The number of nitrogen functional groups attached to an aromatic ring is 1. The van der Waals surface area contributed by atoms with Gasteiger partial charge in [0, 0.05) is 11.5 Å². The topological polar surface area (TPSA) is 55.9 Å². The molecule has 1 aliphatic rings. The fourth-order valence-corrected chi connectivity index (χ4v) is 2.12. The highest BCUT2D eigenvalue weighted by molar-refractivity contribution is 5.34. The third-order valence-corrected chi connectivity index (χ3v) is 3.19. The smallest absolute Gasteiger partial charge is 0.122 e. The summed E-state index contributed by atoms with van der Waals surface area (Å²) in [5, 5.41) is 8.03. The second-order valence-corrected chi connectivity index (χ2v) is 5.63. The predicted octanol–water partition coefficient (Wildman–Crippen LogP) is 1.69. The highest BCUT2D eigenvalue weighted by Gasteiger charge is 2.23. The van der Waals surface area contributed by atoms with E-state index in [2.05, 4.69) is 31.2 Å². The molecule has 90 valence electrons. The second-order valence-electron chi connectivity index (χ2n) is 5.63. The third-order valence-electron chi connectivity index (χ3n) is 3.19. The minimum Gasteiger partial charge on any atom is -0.384 e. The lowest BCUT2D eigenvalue weighted by molar-refractivity contribution is 0.342. The molecule has 2 heterocycles. The first-order valence-electron chi connectivity index (χ1n) is 6.05. The molecule has 0 unspecified atom stereocenters. The minimum atomic E-state index is 0.0757. The van der Waals surface area contributed by atoms with Crippen LogP contribution in [0.15, 0.2) is 6.07 Å². The Kier molecular flexibility index (Phi) is 2.93. The van der Waals surface area contributed by atoms with E-state index in [-0.39, 0.29) is 5.41 Å². The summed E-state index contributed by atoms with van der Waals surface area (Å²) in [7, 11) is 0. The van der Waals surface area contributed by atoms with Gasteiger partial charge in [-0.05, 0) is 25.9 Å². The summed E-state index contributed by atoms with van der Waals surface area (Å²) in [5.41, 5.74) is 7.21. The van der Waals surface area contributed by atoms with E-state index in [1.54, 1.807) is 0 Å². The summed E-state index contributed by atoms with van der Waals surface area (Å²) >= 11 is 0. The van der Waals surface area contributed by atoms with E-state index in [0.717, 1.165) is 37.4 Å². The normalized spacial score (nSPS) is 18.9. The van der Waals surface area contributed by atoms with Gasteiger partial charge >= 0.3 is 0 Å². The molecule has 0 radical (unpaired) electrons. The van der Waals surface area contributed by atoms with E-state index in [4.69, 9.17) is 5.73 Å². The molecule has 4 nitrogen and oxygen atoms in total. The maximum absolute atomic E-state index is 6.05. The van der Waals surface area contributed by atoms with Crippen LogP contribution >= 0.6 is 0 Å². The van der Waals surface area contributed by atoms with Crippen LogP contribution in [-0.4, -0.2) is 22.9 Å². The number of nitrogens with zero attached hydrogens (tertiary/aromatic N) is 2. The molecule has 0 spiro atoms. The summed E-state index contributed by atoms with van der Waals surface area (Å²) in [6.45, 7) is 8.63. The Morgan fingerprint density at radius 1 is 1.38 bits per heavy atom. The lowest BCUT2D eigenvalue weighted by Gasteiger charge is -2.24. The van der Waals surface area contributed by atoms with Crippen LogP contribution in [0.3, 0.4) is 0 Å². The fraction of sp³-hybridized carbons (Fsp3) is 0.750. The van der Waals surface area contributed by atoms with Gasteiger partial charge in [0.2, 0.25) is 0 Å². The van der Waals surface area contributed by atoms with Gasteiger partial charge in [-0.3, -0.25) is 0 Å². The zero-order chi connectivity index (χ0) is 11.8. The molecule has 1 aliphatic heterocycles. The number of hydrogen-bond acceptors (Lipinski definition) is 3. The maximum atomic E-state index is 6.05. The van der Waals surface area contributed by atoms with E-state index in [1.165, 1.54) is 0 Å². The molecule has 3 N–H and O–H groups in total. The van der Waals surface area contributed by atoms with Crippen LogP contribution in [0.5, 0.6) is 0 Å². The standard InChI is InChI=1S/C12H22N4/c1-12(2,3)10-8-11(13)16(15-10)9-4-6-14-7-5-9/h8-9,14H,4-7,13H2,1-3H3. The molecule has 1 aromatic heterocycles. The summed E-state index contributed by atoms with van der Waals surface area (Å²) < 4.78 is 2.02. The fourth-order valence-electron chi connectivity index (χ4n) is 2.12. The molecule has 1 aromatic rings. The SMILES string of the molecule is CC(C)(C)c1cc(N)n(C2CCNCC2)n1. The van der Waals surface area contributed by atoms with Gasteiger partial charge in [0.25, 0.3) is 0 Å². The lowest BCUT2D eigenvalue weighted by Crippen LogP contribution is -2.30. The molecule has 4 heteroatoms. The van der Waals surface area contributed by atoms with Crippen molar-refractivity contribution in [1.82, 2.24) is 15.1 Å². The predicted molar refractivity (Wildman–Crippen MR) is 66.5 cm³/mol. The molecule has 0 saturated carbocycles. The Balaban J connectivity index is 2.24. The highest BCUT2D eigenvalue weighted by atomic mass is 15.3. The van der Waals surface area contributed by atoms with Crippen LogP contribution in [-0.2, 0) is 5.41 Å². The minimum absolute atomic E-state index is 0.0757. The van der Waals surface area contributed by atoms with Crippen LogP contribution in [0.1, 0.15) is 45.3 Å². The Labute approximate surface area is 97.2 Å². The maximum Gasteiger partial charge on any atom is 0.122 e. The van der Waals surface area contributed by atoms with Crippen LogP contribution in [0.25, 0.3) is 0 Å². The second kappa shape index (κ2) is 4.09. The average molecular weight is 222 g/mol. The van der Waals surface area contributed by atoms with Gasteiger partial charge < -0.3 is 11.1 Å². The number of nitrogens with one attached hydrogen (secondary N) is 1. The molecule has 0 aliphatic carbocycles. The van der Waals surface area contributed by atoms with E-state index in [0.29, 0.717) is 6.04 Å². The van der Waals surface area contributed by atoms with E-state index < -0.39 is 0 Å². The largest absolute Gasteiger partial charge is 0.384 e. The van der Waals surface area contributed by atoms with Crippen molar-refractivity contribution in [3.63, 3.8) is 0 Å². The van der Waals surface area contributed by atoms with Crippen molar-refractivity contribution in [2.75, 3.05) is 18.8 Å². The van der Waals surface area contributed by atoms with Gasteiger partial charge in [0.05, 0.1) is 11.7 Å². The quantitative estimate of drug-likeness (QED) is 0.760. The first kappa shape index (κ1) is 11.5. The number of hydrogen-bond donors (Lipinski definition) is 2. The molecular weight excluding hydrogens is 200 g/mol. The van der Waals surface area contributed by atoms with Crippen LogP contribution < -0.4 is 11.1 Å². The van der Waals surface area contributed by atoms with Crippen LogP contribution in [0.2, 0.25) is 0 Å². The molecule has 0 atom stereocenters. The van der Waals surface area contributed by atoms with Gasteiger partial charge in [-0.15, -0.1) is 0 Å². The molecule has 16 heavy (non-hydrogen) atoms. The molecule has 0 bridgehead atoms. The summed E-state index contributed by atoms with van der Waals surface area (Å²) in [5.74, 6) is 0.803. The highest BCUT2D eigenvalue weighted by Crippen LogP contribution is 2.27. The Bertz CT molecular complexity index is 356. The van der Waals surface area contributed by atoms with Crippen LogP contribution in [0.4, 0.5) is 5.82 Å². The Hall–Kier alpha value is -1.03. The Morgan fingerprint density at radius 2 is 2.00 bits per heavy atom. The van der Waals surface area contributed by atoms with Gasteiger partial charge in [0.15, 0.2) is 0 Å². The van der Waals surface area contributed by atoms with E-state index in [9.17, 15) is 0 Å². The first-order valence-corrected chi connectivity index (χ1v) is 6.05. The number of nitrogens with two attached hydrogens (primary N) is 1. The van der Waals surface area contributed by atoms with Crippen molar-refractivity contribution in [3.05, 3.63) is 11.8 Å². The summed E-state index contributed by atoms with van der Waals surface area (Å²) in [4.78, 5) is 0. The van der Waals surface area contributed by atoms with Crippen molar-refractivity contribution in [2.24, 2.45) is 0 Å². The number of piperidine rings is 1. The first-order chi connectivity index (χ1) is 7.48. The zero-order valence-corrected chi connectivity index (χ0v) is 10.5. The molecule has 1 fully saturated rings. The lowest BCUT2D eigenvalue weighted by atomic mass is 9.92. The molecule has 0 amide bonds. The summed E-state index contributed by atoms with van der Waals surface area (Å²) in [6.07, 6.45) is 2.24. The molecular formula is C12H22N4. The number of rotatable bonds is 1. The number of anilines is 1. The molecule has 1 saturated heterocycles. The monoisotopic (exact) mass is 222 g/mol. The summed E-state index contributed by atoms with van der Waals surface area (Å²) in [6, 6.07) is 2.49. The zero-order valence-electron chi connectivity index (χ0n) is 10.5. The third kappa shape index (κ3) is 2.21. The van der Waals surface area contributed by atoms with Crippen molar-refractivity contribution in [2.45, 2.75) is 45.1 Å². The van der Waals surface area contributed by atoms with E-state index >= 15 is 0 Å². The van der Waals surface area contributed by atoms with Gasteiger partial charge in [-0.25, -0.2) is 4.68 Å². The van der Waals surface area contributed by atoms with E-state index in [1.807, 2.05) is 10.7 Å². The van der Waals surface area contributed by atoms with Crippen LogP contribution in [0, 0.1) is 0 Å². The van der Waals surface area contributed by atoms with Crippen molar-refractivity contribution in [3.8, 4) is 0 Å². The average Bonchev–Trinajstić information content (AvgIpc) is 2.61. The van der Waals surface area contributed by atoms with Crippen molar-refractivity contribution >= 4 is 5.82 Å². The molecule has 2 rings (SSSR count).